The Kier molecular flexibility index (Phi) is 5.17. The number of carbonyl (C=O) groups is 1. The molecule has 0 spiro atoms. The largest absolute Gasteiger partial charge is 0.495 e. The van der Waals surface area contributed by atoms with Crippen molar-refractivity contribution < 1.29 is 9.53 Å². The van der Waals surface area contributed by atoms with E-state index in [0.717, 1.165) is 30.9 Å². The first-order valence-electron chi connectivity index (χ1n) is 9.12. The molecule has 1 aromatic heterocycles. The number of para-hydroxylation sites is 1. The molecule has 3 aromatic rings. The Balaban J connectivity index is 1.57. The number of hydrogen-bond donors (Lipinski definition) is 1. The quantitative estimate of drug-likeness (QED) is 0.671. The Hall–Kier alpha value is -3.05. The zero-order valence-electron chi connectivity index (χ0n) is 15.5. The van der Waals surface area contributed by atoms with Gasteiger partial charge < -0.3 is 15.0 Å². The molecule has 0 atom stereocenters. The van der Waals surface area contributed by atoms with Gasteiger partial charge in [-0.2, -0.15) is 0 Å². The van der Waals surface area contributed by atoms with Crippen molar-refractivity contribution in [2.75, 3.05) is 23.9 Å². The summed E-state index contributed by atoms with van der Waals surface area (Å²) in [6, 6.07) is 17.0. The van der Waals surface area contributed by atoms with E-state index in [0.29, 0.717) is 22.0 Å². The van der Waals surface area contributed by atoms with E-state index in [1.807, 2.05) is 12.1 Å². The molecule has 1 N–H and O–H groups in total. The lowest BCUT2D eigenvalue weighted by molar-refractivity contribution is 0.102. The maximum atomic E-state index is 12.7. The van der Waals surface area contributed by atoms with Gasteiger partial charge in [0.1, 0.15) is 11.6 Å². The smallest absolute Gasteiger partial charge is 0.255 e. The molecule has 1 amide bonds. The second-order valence-electron chi connectivity index (χ2n) is 6.59. The van der Waals surface area contributed by atoms with E-state index in [-0.39, 0.29) is 5.91 Å². The number of rotatable bonds is 4. The van der Waals surface area contributed by atoms with Crippen LogP contribution < -0.4 is 15.0 Å². The maximum absolute atomic E-state index is 12.7. The molecule has 1 aliphatic rings. The van der Waals surface area contributed by atoms with Crippen LogP contribution >= 0.6 is 11.6 Å². The second kappa shape index (κ2) is 7.90. The number of nitrogens with zero attached hydrogens (tertiary/aromatic N) is 2. The third kappa shape index (κ3) is 3.66. The number of benzene rings is 2. The lowest BCUT2D eigenvalue weighted by Gasteiger charge is -2.30. The van der Waals surface area contributed by atoms with Crippen molar-refractivity contribution in [3.05, 3.63) is 76.9 Å². The summed E-state index contributed by atoms with van der Waals surface area (Å²) in [7, 11) is 1.55. The number of nitrogens with one attached hydrogen (secondary N) is 1. The van der Waals surface area contributed by atoms with Gasteiger partial charge in [-0.05, 0) is 54.8 Å². The lowest BCUT2D eigenvalue weighted by Crippen LogP contribution is -2.25. The summed E-state index contributed by atoms with van der Waals surface area (Å²) >= 11 is 6.14. The fourth-order valence-electron chi connectivity index (χ4n) is 3.43. The first kappa shape index (κ1) is 18.3. The Morgan fingerprint density at radius 2 is 2.04 bits per heavy atom. The lowest BCUT2D eigenvalue weighted by atomic mass is 10.0. The fourth-order valence-corrected chi connectivity index (χ4v) is 3.68. The highest BCUT2D eigenvalue weighted by Crippen LogP contribution is 2.32. The third-order valence-corrected chi connectivity index (χ3v) is 5.10. The number of aryl methyl sites for hydroxylation is 1. The Labute approximate surface area is 168 Å². The minimum Gasteiger partial charge on any atom is -0.495 e. The van der Waals surface area contributed by atoms with Gasteiger partial charge in [-0.15, -0.1) is 0 Å². The molecule has 0 radical (unpaired) electrons. The minimum absolute atomic E-state index is 0.213. The molecule has 28 heavy (non-hydrogen) atoms. The summed E-state index contributed by atoms with van der Waals surface area (Å²) < 4.78 is 5.14. The van der Waals surface area contributed by atoms with Gasteiger partial charge in [-0.1, -0.05) is 29.8 Å². The summed E-state index contributed by atoms with van der Waals surface area (Å²) in [6.45, 7) is 0.878. The van der Waals surface area contributed by atoms with Crippen LogP contribution in [0.15, 0.2) is 60.8 Å². The van der Waals surface area contributed by atoms with Gasteiger partial charge in [0.05, 0.1) is 12.1 Å². The molecular formula is C22H20ClN3O2. The molecule has 1 aliphatic heterocycles. The van der Waals surface area contributed by atoms with Crippen molar-refractivity contribution in [1.82, 2.24) is 4.98 Å². The Bertz CT molecular complexity index is 1020. The van der Waals surface area contributed by atoms with E-state index in [2.05, 4.69) is 33.4 Å². The molecule has 2 aromatic carbocycles. The van der Waals surface area contributed by atoms with Crippen LogP contribution in [0.1, 0.15) is 22.3 Å². The molecule has 5 nitrogen and oxygen atoms in total. The zero-order valence-corrected chi connectivity index (χ0v) is 16.2. The SMILES string of the molecule is COc1ccc(NC(=O)c2ccnc(N3CCCc4ccccc43)c2)cc1Cl. The first-order chi connectivity index (χ1) is 13.7. The number of anilines is 3. The van der Waals surface area contributed by atoms with Crippen LogP contribution in [-0.4, -0.2) is 24.5 Å². The number of methoxy groups -OCH3 is 1. The topological polar surface area (TPSA) is 54.5 Å². The number of halogens is 1. The normalized spacial score (nSPS) is 13.0. The highest BCUT2D eigenvalue weighted by Gasteiger charge is 2.19. The van der Waals surface area contributed by atoms with E-state index in [1.54, 1.807) is 37.6 Å². The van der Waals surface area contributed by atoms with E-state index < -0.39 is 0 Å². The summed E-state index contributed by atoms with van der Waals surface area (Å²) in [4.78, 5) is 19.4. The Morgan fingerprint density at radius 1 is 1.18 bits per heavy atom. The zero-order chi connectivity index (χ0) is 19.5. The summed E-state index contributed by atoms with van der Waals surface area (Å²) in [5, 5.41) is 3.32. The van der Waals surface area contributed by atoms with Crippen LogP contribution in [0.25, 0.3) is 0 Å². The minimum atomic E-state index is -0.213. The van der Waals surface area contributed by atoms with Crippen LogP contribution in [-0.2, 0) is 6.42 Å². The van der Waals surface area contributed by atoms with E-state index in [9.17, 15) is 4.79 Å². The molecule has 2 heterocycles. The number of fused-ring (bicyclic) bond motifs is 1. The molecule has 0 saturated heterocycles. The molecule has 0 fully saturated rings. The van der Waals surface area contributed by atoms with Crippen LogP contribution in [0, 0.1) is 0 Å². The standard InChI is InChI=1S/C22H20ClN3O2/c1-28-20-9-8-17(14-18(20)23)25-22(27)16-10-11-24-21(13-16)26-12-4-6-15-5-2-3-7-19(15)26/h2-3,5,7-11,13-14H,4,6,12H2,1H3,(H,25,27). The van der Waals surface area contributed by atoms with Gasteiger partial charge in [0.2, 0.25) is 0 Å². The molecule has 4 rings (SSSR count). The predicted octanol–water partition coefficient (Wildman–Crippen LogP) is 5.08. The van der Waals surface area contributed by atoms with E-state index in [4.69, 9.17) is 16.3 Å². The average molecular weight is 394 g/mol. The number of aromatic nitrogens is 1. The van der Waals surface area contributed by atoms with Crippen molar-refractivity contribution in [3.63, 3.8) is 0 Å². The van der Waals surface area contributed by atoms with Gasteiger partial charge in [-0.25, -0.2) is 4.98 Å². The summed E-state index contributed by atoms with van der Waals surface area (Å²) in [5.41, 5.74) is 3.61. The molecule has 0 saturated carbocycles. The molecule has 0 unspecified atom stereocenters. The maximum Gasteiger partial charge on any atom is 0.255 e. The summed E-state index contributed by atoms with van der Waals surface area (Å²) in [5.74, 6) is 1.12. The number of carbonyl (C=O) groups excluding carboxylic acids is 1. The van der Waals surface area contributed by atoms with E-state index >= 15 is 0 Å². The average Bonchev–Trinajstić information content (AvgIpc) is 2.73. The number of pyridine rings is 1. The Morgan fingerprint density at radius 3 is 2.86 bits per heavy atom. The van der Waals surface area contributed by atoms with Crippen molar-refractivity contribution in [3.8, 4) is 5.75 Å². The van der Waals surface area contributed by atoms with Crippen molar-refractivity contribution in [2.45, 2.75) is 12.8 Å². The highest BCUT2D eigenvalue weighted by molar-refractivity contribution is 6.32. The number of hydrogen-bond acceptors (Lipinski definition) is 4. The van der Waals surface area contributed by atoms with E-state index in [1.165, 1.54) is 5.56 Å². The molecule has 142 valence electrons. The fraction of sp³-hybridized carbons (Fsp3) is 0.182. The second-order valence-corrected chi connectivity index (χ2v) is 7.00. The van der Waals surface area contributed by atoms with Gasteiger partial charge >= 0.3 is 0 Å². The first-order valence-corrected chi connectivity index (χ1v) is 9.50. The monoisotopic (exact) mass is 393 g/mol. The molecule has 0 bridgehead atoms. The van der Waals surface area contributed by atoms with Crippen LogP contribution in [0.5, 0.6) is 5.75 Å². The van der Waals surface area contributed by atoms with Gasteiger partial charge in [0.25, 0.3) is 5.91 Å². The molecule has 6 heteroatoms. The van der Waals surface area contributed by atoms with Crippen molar-refractivity contribution in [1.29, 1.82) is 0 Å². The van der Waals surface area contributed by atoms with Gasteiger partial charge in [0, 0.05) is 29.7 Å². The third-order valence-electron chi connectivity index (χ3n) is 4.80. The van der Waals surface area contributed by atoms with Crippen LogP contribution in [0.2, 0.25) is 5.02 Å². The van der Waals surface area contributed by atoms with Crippen LogP contribution in [0.4, 0.5) is 17.2 Å². The predicted molar refractivity (Wildman–Crippen MR) is 112 cm³/mol. The van der Waals surface area contributed by atoms with Crippen molar-refractivity contribution >= 4 is 34.7 Å². The highest BCUT2D eigenvalue weighted by atomic mass is 35.5. The van der Waals surface area contributed by atoms with Crippen molar-refractivity contribution in [2.24, 2.45) is 0 Å². The summed E-state index contributed by atoms with van der Waals surface area (Å²) in [6.07, 6.45) is 3.78. The van der Waals surface area contributed by atoms with Gasteiger partial charge in [0.15, 0.2) is 0 Å². The number of amides is 1. The molecule has 0 aliphatic carbocycles. The number of ether oxygens (including phenoxy) is 1. The molecular weight excluding hydrogens is 374 g/mol. The van der Waals surface area contributed by atoms with Gasteiger partial charge in [-0.3, -0.25) is 4.79 Å². The van der Waals surface area contributed by atoms with Crippen LogP contribution in [0.3, 0.4) is 0 Å².